The Kier molecular flexibility index (Phi) is 4.09. The highest BCUT2D eigenvalue weighted by Gasteiger charge is 2.43. The van der Waals surface area contributed by atoms with Crippen molar-refractivity contribution in [2.45, 2.75) is 31.7 Å². The van der Waals surface area contributed by atoms with Crippen molar-refractivity contribution in [2.24, 2.45) is 11.7 Å². The van der Waals surface area contributed by atoms with Gasteiger partial charge in [0.2, 0.25) is 0 Å². The Morgan fingerprint density at radius 3 is 2.81 bits per heavy atom. The number of ether oxygens (including phenoxy) is 2. The summed E-state index contributed by atoms with van der Waals surface area (Å²) in [6.07, 6.45) is 3.46. The monoisotopic (exact) mass is 290 g/mol. The first-order chi connectivity index (χ1) is 10.2. The molecule has 1 fully saturated rings. The van der Waals surface area contributed by atoms with Gasteiger partial charge in [-0.1, -0.05) is 6.92 Å². The number of hydrogen-bond donors (Lipinski definition) is 1. The summed E-state index contributed by atoms with van der Waals surface area (Å²) >= 11 is 0. The van der Waals surface area contributed by atoms with E-state index in [1.165, 1.54) is 18.4 Å². The molecule has 2 N–H and O–H groups in total. The van der Waals surface area contributed by atoms with Crippen molar-refractivity contribution in [3.8, 4) is 11.5 Å². The first kappa shape index (κ1) is 14.7. The maximum Gasteiger partial charge on any atom is 0.124 e. The molecule has 1 atom stereocenters. The molecule has 1 saturated heterocycles. The largest absolute Gasteiger partial charge is 0.497 e. The molecule has 0 radical (unpaired) electrons. The van der Waals surface area contributed by atoms with Crippen molar-refractivity contribution in [3.05, 3.63) is 23.8 Å². The van der Waals surface area contributed by atoms with Crippen LogP contribution >= 0.6 is 0 Å². The summed E-state index contributed by atoms with van der Waals surface area (Å²) in [5.41, 5.74) is 7.38. The molecule has 0 amide bonds. The number of piperidine rings is 1. The van der Waals surface area contributed by atoms with Gasteiger partial charge in [0.25, 0.3) is 0 Å². The second-order valence-corrected chi connectivity index (χ2v) is 6.37. The molecule has 4 heteroatoms. The molecule has 4 nitrogen and oxygen atoms in total. The van der Waals surface area contributed by atoms with Gasteiger partial charge in [-0.2, -0.15) is 0 Å². The van der Waals surface area contributed by atoms with Crippen LogP contribution in [0.25, 0.3) is 0 Å². The zero-order valence-electron chi connectivity index (χ0n) is 13.1. The second kappa shape index (κ2) is 5.85. The first-order valence-corrected chi connectivity index (χ1v) is 7.96. The van der Waals surface area contributed by atoms with E-state index in [2.05, 4.69) is 17.9 Å². The minimum Gasteiger partial charge on any atom is -0.497 e. The third-order valence-electron chi connectivity index (χ3n) is 5.19. The lowest BCUT2D eigenvalue weighted by molar-refractivity contribution is 0.0226. The van der Waals surface area contributed by atoms with Gasteiger partial charge in [0.05, 0.1) is 19.3 Å². The number of methoxy groups -OCH3 is 1. The standard InChI is InChI=1S/C17H26N2O2/c1-13-5-8-19(9-6-13)17(12-18)7-10-21-16-4-3-14(20-2)11-15(16)17/h3-4,11,13H,5-10,12,18H2,1-2H3. The normalized spacial score (nSPS) is 27.0. The molecule has 0 aliphatic carbocycles. The molecule has 2 aliphatic rings. The molecule has 0 bridgehead atoms. The van der Waals surface area contributed by atoms with E-state index in [-0.39, 0.29) is 5.54 Å². The molecule has 21 heavy (non-hydrogen) atoms. The summed E-state index contributed by atoms with van der Waals surface area (Å²) in [4.78, 5) is 2.58. The summed E-state index contributed by atoms with van der Waals surface area (Å²) in [5, 5.41) is 0. The zero-order valence-corrected chi connectivity index (χ0v) is 13.1. The van der Waals surface area contributed by atoms with Gasteiger partial charge in [-0.15, -0.1) is 0 Å². The predicted octanol–water partition coefficient (Wildman–Crippen LogP) is 2.36. The Bertz CT molecular complexity index is 498. The maximum absolute atomic E-state index is 6.27. The Morgan fingerprint density at radius 2 is 2.14 bits per heavy atom. The average molecular weight is 290 g/mol. The van der Waals surface area contributed by atoms with Crippen LogP contribution in [-0.2, 0) is 5.54 Å². The smallest absolute Gasteiger partial charge is 0.124 e. The number of benzene rings is 1. The van der Waals surface area contributed by atoms with Gasteiger partial charge in [-0.05, 0) is 50.0 Å². The van der Waals surface area contributed by atoms with Crippen molar-refractivity contribution in [2.75, 3.05) is 33.4 Å². The van der Waals surface area contributed by atoms with Crippen LogP contribution in [0.3, 0.4) is 0 Å². The Hall–Kier alpha value is -1.26. The fourth-order valence-corrected chi connectivity index (χ4v) is 3.70. The van der Waals surface area contributed by atoms with Crippen LogP contribution in [0.2, 0.25) is 0 Å². The maximum atomic E-state index is 6.27. The predicted molar refractivity (Wildman–Crippen MR) is 83.8 cm³/mol. The first-order valence-electron chi connectivity index (χ1n) is 7.96. The molecule has 2 heterocycles. The molecule has 0 aromatic heterocycles. The summed E-state index contributed by atoms with van der Waals surface area (Å²) in [6, 6.07) is 6.09. The highest BCUT2D eigenvalue weighted by Crippen LogP contribution is 2.43. The molecule has 3 rings (SSSR count). The van der Waals surface area contributed by atoms with E-state index < -0.39 is 0 Å². The van der Waals surface area contributed by atoms with Crippen LogP contribution in [0.15, 0.2) is 18.2 Å². The van der Waals surface area contributed by atoms with Gasteiger partial charge in [-0.3, -0.25) is 4.90 Å². The molecular weight excluding hydrogens is 264 g/mol. The highest BCUT2D eigenvalue weighted by molar-refractivity contribution is 5.46. The van der Waals surface area contributed by atoms with E-state index in [0.29, 0.717) is 6.54 Å². The minimum atomic E-state index is -0.0950. The van der Waals surface area contributed by atoms with Crippen molar-refractivity contribution in [3.63, 3.8) is 0 Å². The van der Waals surface area contributed by atoms with Gasteiger partial charge in [0.1, 0.15) is 11.5 Å². The fraction of sp³-hybridized carbons (Fsp3) is 0.647. The number of rotatable bonds is 3. The molecule has 2 aliphatic heterocycles. The summed E-state index contributed by atoms with van der Waals surface area (Å²) < 4.78 is 11.3. The Balaban J connectivity index is 1.99. The van der Waals surface area contributed by atoms with Gasteiger partial charge in [-0.25, -0.2) is 0 Å². The van der Waals surface area contributed by atoms with E-state index in [9.17, 15) is 0 Å². The van der Waals surface area contributed by atoms with Crippen molar-refractivity contribution < 1.29 is 9.47 Å². The van der Waals surface area contributed by atoms with E-state index in [1.807, 2.05) is 12.1 Å². The van der Waals surface area contributed by atoms with Crippen molar-refractivity contribution in [1.82, 2.24) is 4.90 Å². The number of nitrogens with two attached hydrogens (primary N) is 1. The van der Waals surface area contributed by atoms with E-state index in [1.54, 1.807) is 7.11 Å². The average Bonchev–Trinajstić information content (AvgIpc) is 2.54. The van der Waals surface area contributed by atoms with Crippen LogP contribution < -0.4 is 15.2 Å². The van der Waals surface area contributed by atoms with E-state index in [4.69, 9.17) is 15.2 Å². The van der Waals surface area contributed by atoms with Gasteiger partial charge in [0, 0.05) is 18.5 Å². The summed E-state index contributed by atoms with van der Waals surface area (Å²) in [6.45, 7) is 5.95. The molecular formula is C17H26N2O2. The summed E-state index contributed by atoms with van der Waals surface area (Å²) in [5.74, 6) is 2.66. The van der Waals surface area contributed by atoms with Crippen LogP contribution in [0, 0.1) is 5.92 Å². The molecule has 1 unspecified atom stereocenters. The van der Waals surface area contributed by atoms with Crippen LogP contribution in [0.1, 0.15) is 31.7 Å². The van der Waals surface area contributed by atoms with Crippen LogP contribution in [-0.4, -0.2) is 38.3 Å². The van der Waals surface area contributed by atoms with Crippen LogP contribution in [0.5, 0.6) is 11.5 Å². The van der Waals surface area contributed by atoms with Crippen molar-refractivity contribution >= 4 is 0 Å². The Morgan fingerprint density at radius 1 is 1.38 bits per heavy atom. The third-order valence-corrected chi connectivity index (χ3v) is 5.19. The minimum absolute atomic E-state index is 0.0950. The quantitative estimate of drug-likeness (QED) is 0.928. The molecule has 116 valence electrons. The number of hydrogen-bond acceptors (Lipinski definition) is 4. The SMILES string of the molecule is COc1ccc2c(c1)C(CN)(N1CCC(C)CC1)CCO2. The molecule has 1 aromatic carbocycles. The summed E-state index contributed by atoms with van der Waals surface area (Å²) in [7, 11) is 1.71. The van der Waals surface area contributed by atoms with E-state index in [0.717, 1.165) is 43.5 Å². The second-order valence-electron chi connectivity index (χ2n) is 6.37. The number of nitrogens with zero attached hydrogens (tertiary/aromatic N) is 1. The zero-order chi connectivity index (χ0) is 14.9. The van der Waals surface area contributed by atoms with Gasteiger partial charge >= 0.3 is 0 Å². The van der Waals surface area contributed by atoms with Gasteiger partial charge in [0.15, 0.2) is 0 Å². The lowest BCUT2D eigenvalue weighted by Crippen LogP contribution is -2.56. The Labute approximate surface area is 127 Å². The molecule has 0 spiro atoms. The lowest BCUT2D eigenvalue weighted by atomic mass is 9.80. The van der Waals surface area contributed by atoms with Crippen LogP contribution in [0.4, 0.5) is 0 Å². The van der Waals surface area contributed by atoms with E-state index >= 15 is 0 Å². The van der Waals surface area contributed by atoms with Gasteiger partial charge < -0.3 is 15.2 Å². The molecule has 0 saturated carbocycles. The fourth-order valence-electron chi connectivity index (χ4n) is 3.70. The highest BCUT2D eigenvalue weighted by atomic mass is 16.5. The molecule has 1 aromatic rings. The third kappa shape index (κ3) is 2.51. The number of fused-ring (bicyclic) bond motifs is 1. The topological polar surface area (TPSA) is 47.7 Å². The van der Waals surface area contributed by atoms with Crippen molar-refractivity contribution in [1.29, 1.82) is 0 Å². The number of likely N-dealkylation sites (tertiary alicyclic amines) is 1. The lowest BCUT2D eigenvalue weighted by Gasteiger charge is -2.49.